The average Bonchev–Trinajstić information content (AvgIpc) is 3.30. The number of aromatic nitrogens is 1. The second-order valence-corrected chi connectivity index (χ2v) is 9.74. The van der Waals surface area contributed by atoms with Gasteiger partial charge in [-0.1, -0.05) is 109 Å². The van der Waals surface area contributed by atoms with Gasteiger partial charge in [-0.25, -0.2) is 0 Å². The van der Waals surface area contributed by atoms with E-state index in [4.69, 9.17) is 0 Å². The molecular formula is C36H23N. The third-order valence-corrected chi connectivity index (χ3v) is 7.77. The molecule has 0 atom stereocenters. The van der Waals surface area contributed by atoms with Gasteiger partial charge >= 0.3 is 0 Å². The van der Waals surface area contributed by atoms with E-state index in [0.29, 0.717) is 0 Å². The molecule has 37 heavy (non-hydrogen) atoms. The lowest BCUT2D eigenvalue weighted by Crippen LogP contribution is -1.98. The molecule has 0 N–H and O–H groups in total. The minimum atomic E-state index is 1.18. The Kier molecular flexibility index (Phi) is 4.29. The van der Waals surface area contributed by atoms with Crippen molar-refractivity contribution in [3.05, 3.63) is 140 Å². The highest BCUT2D eigenvalue weighted by Gasteiger charge is 2.23. The van der Waals surface area contributed by atoms with Gasteiger partial charge in [0.05, 0.1) is 11.0 Å². The molecule has 8 rings (SSSR count). The van der Waals surface area contributed by atoms with Crippen LogP contribution >= 0.6 is 0 Å². The van der Waals surface area contributed by atoms with Crippen molar-refractivity contribution in [2.75, 3.05) is 0 Å². The van der Waals surface area contributed by atoms with E-state index in [0.717, 1.165) is 0 Å². The summed E-state index contributed by atoms with van der Waals surface area (Å²) in [5.74, 6) is 0. The van der Waals surface area contributed by atoms with Crippen LogP contribution in [0.4, 0.5) is 0 Å². The lowest BCUT2D eigenvalue weighted by molar-refractivity contribution is 1.18. The SMILES string of the molecule is c1ccc(-n2c3ccccc3c3cc4c(cc32)-c2ccccc2-c2ccccc2-c2ccccc2-4)cc1. The van der Waals surface area contributed by atoms with E-state index in [-0.39, 0.29) is 0 Å². The third kappa shape index (κ3) is 2.92. The molecule has 6 aromatic carbocycles. The van der Waals surface area contributed by atoms with E-state index in [1.807, 2.05) is 0 Å². The van der Waals surface area contributed by atoms with Crippen LogP contribution in [0.15, 0.2) is 140 Å². The Morgan fingerprint density at radius 1 is 0.297 bits per heavy atom. The second kappa shape index (κ2) is 7.81. The van der Waals surface area contributed by atoms with Crippen LogP contribution < -0.4 is 0 Å². The molecule has 0 amide bonds. The first-order valence-corrected chi connectivity index (χ1v) is 12.8. The minimum absolute atomic E-state index is 1.18. The molecule has 0 saturated heterocycles. The molecule has 0 bridgehead atoms. The van der Waals surface area contributed by atoms with Gasteiger partial charge in [0, 0.05) is 16.5 Å². The summed E-state index contributed by atoms with van der Waals surface area (Å²) < 4.78 is 2.41. The molecule has 1 heteroatoms. The van der Waals surface area contributed by atoms with Crippen LogP contribution in [0.3, 0.4) is 0 Å². The maximum absolute atomic E-state index is 2.43. The third-order valence-electron chi connectivity index (χ3n) is 7.77. The van der Waals surface area contributed by atoms with Crippen molar-refractivity contribution in [1.82, 2.24) is 4.57 Å². The second-order valence-electron chi connectivity index (χ2n) is 9.74. The van der Waals surface area contributed by atoms with Gasteiger partial charge in [0.2, 0.25) is 0 Å². The van der Waals surface area contributed by atoms with Crippen LogP contribution in [0.5, 0.6) is 0 Å². The fourth-order valence-electron chi connectivity index (χ4n) is 6.17. The quantitative estimate of drug-likeness (QED) is 0.225. The van der Waals surface area contributed by atoms with Crippen molar-refractivity contribution in [1.29, 1.82) is 0 Å². The van der Waals surface area contributed by atoms with Gasteiger partial charge < -0.3 is 4.57 Å². The van der Waals surface area contributed by atoms with Crippen molar-refractivity contribution < 1.29 is 0 Å². The maximum atomic E-state index is 2.43. The van der Waals surface area contributed by atoms with Gasteiger partial charge in [-0.2, -0.15) is 0 Å². The summed E-state index contributed by atoms with van der Waals surface area (Å²) in [4.78, 5) is 0. The van der Waals surface area contributed by atoms with Crippen LogP contribution in [0.2, 0.25) is 0 Å². The molecule has 0 spiro atoms. The Labute approximate surface area is 215 Å². The van der Waals surface area contributed by atoms with Crippen molar-refractivity contribution in [3.63, 3.8) is 0 Å². The molecule has 1 aliphatic rings. The first kappa shape index (κ1) is 20.3. The molecule has 0 aliphatic heterocycles. The van der Waals surface area contributed by atoms with Crippen molar-refractivity contribution >= 4 is 21.8 Å². The maximum Gasteiger partial charge on any atom is 0.0547 e. The Balaban J connectivity index is 1.58. The van der Waals surface area contributed by atoms with E-state index < -0.39 is 0 Å². The first-order valence-electron chi connectivity index (χ1n) is 12.8. The summed E-state index contributed by atoms with van der Waals surface area (Å²) in [6, 6.07) is 50.9. The van der Waals surface area contributed by atoms with Gasteiger partial charge in [0.1, 0.15) is 0 Å². The van der Waals surface area contributed by atoms with Crippen LogP contribution in [-0.2, 0) is 0 Å². The topological polar surface area (TPSA) is 4.93 Å². The molecule has 1 aromatic heterocycles. The lowest BCUT2D eigenvalue weighted by atomic mass is 9.80. The van der Waals surface area contributed by atoms with Crippen LogP contribution in [0.1, 0.15) is 0 Å². The van der Waals surface area contributed by atoms with E-state index in [1.165, 1.54) is 72.0 Å². The van der Waals surface area contributed by atoms with Gasteiger partial charge in [0.25, 0.3) is 0 Å². The van der Waals surface area contributed by atoms with E-state index >= 15 is 0 Å². The zero-order chi connectivity index (χ0) is 24.3. The number of rotatable bonds is 1. The van der Waals surface area contributed by atoms with Crippen LogP contribution in [-0.4, -0.2) is 4.57 Å². The largest absolute Gasteiger partial charge is 0.309 e. The molecule has 7 aromatic rings. The number of benzene rings is 6. The van der Waals surface area contributed by atoms with E-state index in [1.54, 1.807) is 0 Å². The molecule has 0 radical (unpaired) electrons. The molecule has 1 aliphatic carbocycles. The van der Waals surface area contributed by atoms with Crippen LogP contribution in [0.25, 0.3) is 72.0 Å². The van der Waals surface area contributed by atoms with Gasteiger partial charge in [-0.15, -0.1) is 0 Å². The lowest BCUT2D eigenvalue weighted by Gasteiger charge is -2.23. The number of hydrogen-bond donors (Lipinski definition) is 0. The summed E-state index contributed by atoms with van der Waals surface area (Å²) in [6.07, 6.45) is 0. The normalized spacial score (nSPS) is 11.8. The fraction of sp³-hybridized carbons (Fsp3) is 0. The highest BCUT2D eigenvalue weighted by atomic mass is 15.0. The molecule has 1 nitrogen and oxygen atoms in total. The Morgan fingerprint density at radius 2 is 0.730 bits per heavy atom. The number of para-hydroxylation sites is 2. The van der Waals surface area contributed by atoms with Crippen molar-refractivity contribution in [2.45, 2.75) is 0 Å². The van der Waals surface area contributed by atoms with Gasteiger partial charge in [0.15, 0.2) is 0 Å². The molecule has 1 heterocycles. The number of hydrogen-bond acceptors (Lipinski definition) is 0. The monoisotopic (exact) mass is 469 g/mol. The molecular weight excluding hydrogens is 446 g/mol. The summed E-state index contributed by atoms with van der Waals surface area (Å²) >= 11 is 0. The smallest absolute Gasteiger partial charge is 0.0547 e. The highest BCUT2D eigenvalue weighted by molar-refractivity contribution is 6.14. The molecule has 0 saturated carbocycles. The average molecular weight is 470 g/mol. The standard InChI is InChI=1S/C36H23N/c1-2-12-24(13-3-1)37-35-21-11-10-20-31(35)34-22-32-29-18-8-6-16-27(29)25-14-4-5-15-26(25)28-17-7-9-19-30(28)33(32)23-36(34)37/h1-23H. The van der Waals surface area contributed by atoms with Crippen LogP contribution in [0, 0.1) is 0 Å². The Bertz CT molecular complexity index is 1970. The predicted octanol–water partition coefficient (Wildman–Crippen LogP) is 9.77. The highest BCUT2D eigenvalue weighted by Crippen LogP contribution is 2.49. The zero-order valence-electron chi connectivity index (χ0n) is 20.2. The van der Waals surface area contributed by atoms with E-state index in [2.05, 4.69) is 144 Å². The summed E-state index contributed by atoms with van der Waals surface area (Å²) in [5, 5.41) is 2.55. The zero-order valence-corrected chi connectivity index (χ0v) is 20.2. The molecule has 0 unspecified atom stereocenters. The number of fused-ring (bicyclic) bond motifs is 11. The Hall–Kier alpha value is -4.88. The van der Waals surface area contributed by atoms with Gasteiger partial charge in [-0.3, -0.25) is 0 Å². The fourth-order valence-corrected chi connectivity index (χ4v) is 6.17. The molecule has 172 valence electrons. The van der Waals surface area contributed by atoms with Crippen molar-refractivity contribution in [3.8, 4) is 50.2 Å². The summed E-state index contributed by atoms with van der Waals surface area (Å²) in [5.41, 5.74) is 13.8. The van der Waals surface area contributed by atoms with Gasteiger partial charge in [-0.05, 0) is 74.8 Å². The molecule has 0 fully saturated rings. The Morgan fingerprint density at radius 3 is 1.30 bits per heavy atom. The minimum Gasteiger partial charge on any atom is -0.309 e. The van der Waals surface area contributed by atoms with Crippen molar-refractivity contribution in [2.24, 2.45) is 0 Å². The van der Waals surface area contributed by atoms with E-state index in [9.17, 15) is 0 Å². The number of nitrogens with zero attached hydrogens (tertiary/aromatic N) is 1. The predicted molar refractivity (Wildman–Crippen MR) is 156 cm³/mol. The summed E-state index contributed by atoms with van der Waals surface area (Å²) in [6.45, 7) is 0. The first-order chi connectivity index (χ1) is 18.4. The summed E-state index contributed by atoms with van der Waals surface area (Å²) in [7, 11) is 0.